The van der Waals surface area contributed by atoms with Crippen molar-refractivity contribution in [3.8, 4) is 0 Å². The lowest BCUT2D eigenvalue weighted by molar-refractivity contribution is -0.384. The van der Waals surface area contributed by atoms with Crippen LogP contribution in [0.1, 0.15) is 19.4 Å². The first-order valence-corrected chi connectivity index (χ1v) is 5.70. The Labute approximate surface area is 110 Å². The lowest BCUT2D eigenvalue weighted by atomic mass is 10.2. The Bertz CT molecular complexity index is 501. The third-order valence-corrected chi connectivity index (χ3v) is 2.45. The molecule has 19 heavy (non-hydrogen) atoms. The van der Waals surface area contributed by atoms with Gasteiger partial charge in [-0.2, -0.15) is 0 Å². The first-order valence-electron chi connectivity index (χ1n) is 5.70. The Balaban J connectivity index is 3.22. The predicted octanol–water partition coefficient (Wildman–Crippen LogP) is 1.18. The SMILES string of the molecule is CC(C)CN(C)c1ncc(C(N)=NO)cc1[N+](=O)[O-]. The fourth-order valence-corrected chi connectivity index (χ4v) is 1.71. The van der Waals surface area contributed by atoms with Crippen LogP contribution < -0.4 is 10.6 Å². The normalized spacial score (nSPS) is 11.7. The summed E-state index contributed by atoms with van der Waals surface area (Å²) in [4.78, 5) is 16.3. The van der Waals surface area contributed by atoms with Crippen LogP contribution in [0.5, 0.6) is 0 Å². The fourth-order valence-electron chi connectivity index (χ4n) is 1.71. The second-order valence-corrected chi connectivity index (χ2v) is 4.58. The number of oxime groups is 1. The highest BCUT2D eigenvalue weighted by Crippen LogP contribution is 2.26. The first kappa shape index (κ1) is 14.7. The van der Waals surface area contributed by atoms with Crippen molar-refractivity contribution in [3.63, 3.8) is 0 Å². The zero-order valence-electron chi connectivity index (χ0n) is 11.1. The van der Waals surface area contributed by atoms with Crippen molar-refractivity contribution >= 4 is 17.3 Å². The Hall–Kier alpha value is -2.38. The smallest absolute Gasteiger partial charge is 0.312 e. The van der Waals surface area contributed by atoms with Crippen LogP contribution in [0, 0.1) is 16.0 Å². The van der Waals surface area contributed by atoms with Crippen LogP contribution in [0.2, 0.25) is 0 Å². The van der Waals surface area contributed by atoms with Gasteiger partial charge in [-0.25, -0.2) is 4.98 Å². The maximum atomic E-state index is 11.1. The van der Waals surface area contributed by atoms with Gasteiger partial charge in [0.05, 0.1) is 4.92 Å². The zero-order chi connectivity index (χ0) is 14.6. The molecule has 8 heteroatoms. The van der Waals surface area contributed by atoms with Crippen LogP contribution in [0.15, 0.2) is 17.4 Å². The second-order valence-electron chi connectivity index (χ2n) is 4.58. The van der Waals surface area contributed by atoms with Gasteiger partial charge in [0.25, 0.3) is 0 Å². The summed E-state index contributed by atoms with van der Waals surface area (Å²) in [6.45, 7) is 4.65. The molecule has 1 heterocycles. The fraction of sp³-hybridized carbons (Fsp3) is 0.455. The quantitative estimate of drug-likeness (QED) is 0.272. The number of aromatic nitrogens is 1. The molecule has 3 N–H and O–H groups in total. The topological polar surface area (TPSA) is 118 Å². The van der Waals surface area contributed by atoms with E-state index in [-0.39, 0.29) is 22.9 Å². The van der Waals surface area contributed by atoms with Crippen molar-refractivity contribution in [1.29, 1.82) is 0 Å². The van der Waals surface area contributed by atoms with E-state index in [1.54, 1.807) is 11.9 Å². The summed E-state index contributed by atoms with van der Waals surface area (Å²) < 4.78 is 0. The van der Waals surface area contributed by atoms with Gasteiger partial charge in [-0.15, -0.1) is 0 Å². The third-order valence-electron chi connectivity index (χ3n) is 2.45. The van der Waals surface area contributed by atoms with E-state index in [1.165, 1.54) is 12.3 Å². The van der Waals surface area contributed by atoms with Gasteiger partial charge in [-0.1, -0.05) is 19.0 Å². The minimum atomic E-state index is -0.534. The molecule has 0 bridgehead atoms. The average molecular weight is 267 g/mol. The lowest BCUT2D eigenvalue weighted by Gasteiger charge is -2.20. The van der Waals surface area contributed by atoms with Crippen LogP contribution in [0.4, 0.5) is 11.5 Å². The molecule has 0 spiro atoms. The summed E-state index contributed by atoms with van der Waals surface area (Å²) in [5.41, 5.74) is 5.42. The first-order chi connectivity index (χ1) is 8.86. The number of hydrogen-bond acceptors (Lipinski definition) is 6. The van der Waals surface area contributed by atoms with Gasteiger partial charge in [-0.3, -0.25) is 10.1 Å². The molecule has 0 aliphatic rings. The van der Waals surface area contributed by atoms with Crippen LogP contribution in [-0.4, -0.2) is 34.5 Å². The Kier molecular flexibility index (Phi) is 4.62. The van der Waals surface area contributed by atoms with E-state index in [0.717, 1.165) is 0 Å². The van der Waals surface area contributed by atoms with Crippen molar-refractivity contribution in [2.24, 2.45) is 16.8 Å². The largest absolute Gasteiger partial charge is 0.409 e. The molecule has 0 fully saturated rings. The van der Waals surface area contributed by atoms with Gasteiger partial charge < -0.3 is 15.8 Å². The van der Waals surface area contributed by atoms with Crippen molar-refractivity contribution in [2.45, 2.75) is 13.8 Å². The molecular formula is C11H17N5O3. The molecule has 0 aliphatic carbocycles. The number of nitro groups is 1. The minimum absolute atomic E-state index is 0.174. The second kappa shape index (κ2) is 5.98. The number of anilines is 1. The number of nitrogens with two attached hydrogens (primary N) is 1. The maximum Gasteiger partial charge on any atom is 0.312 e. The molecule has 1 rings (SSSR count). The van der Waals surface area contributed by atoms with Crippen molar-refractivity contribution < 1.29 is 10.1 Å². The van der Waals surface area contributed by atoms with Crippen LogP contribution in [0.25, 0.3) is 0 Å². The van der Waals surface area contributed by atoms with E-state index in [4.69, 9.17) is 10.9 Å². The van der Waals surface area contributed by atoms with Gasteiger partial charge in [0.1, 0.15) is 0 Å². The Morgan fingerprint density at radius 1 is 1.68 bits per heavy atom. The molecule has 0 atom stereocenters. The van der Waals surface area contributed by atoms with Gasteiger partial charge in [0.15, 0.2) is 5.84 Å². The summed E-state index contributed by atoms with van der Waals surface area (Å²) >= 11 is 0. The molecule has 1 aromatic heterocycles. The van der Waals surface area contributed by atoms with Crippen molar-refractivity contribution in [2.75, 3.05) is 18.5 Å². The van der Waals surface area contributed by atoms with Gasteiger partial charge in [-0.05, 0) is 5.92 Å². The average Bonchev–Trinajstić information content (AvgIpc) is 2.36. The molecule has 0 unspecified atom stereocenters. The van der Waals surface area contributed by atoms with E-state index in [1.807, 2.05) is 13.8 Å². The third kappa shape index (κ3) is 3.54. The molecular weight excluding hydrogens is 250 g/mol. The summed E-state index contributed by atoms with van der Waals surface area (Å²) in [6.07, 6.45) is 1.34. The number of nitrogens with zero attached hydrogens (tertiary/aromatic N) is 4. The maximum absolute atomic E-state index is 11.1. The van der Waals surface area contributed by atoms with E-state index in [9.17, 15) is 10.1 Å². The molecule has 0 aliphatic heterocycles. The molecule has 0 saturated carbocycles. The highest BCUT2D eigenvalue weighted by Gasteiger charge is 2.21. The number of amidine groups is 1. The number of rotatable bonds is 5. The summed E-state index contributed by atoms with van der Waals surface area (Å²) in [7, 11) is 1.73. The van der Waals surface area contributed by atoms with E-state index in [0.29, 0.717) is 12.5 Å². The van der Waals surface area contributed by atoms with Crippen molar-refractivity contribution in [3.05, 3.63) is 27.9 Å². The minimum Gasteiger partial charge on any atom is -0.409 e. The van der Waals surface area contributed by atoms with Crippen LogP contribution in [-0.2, 0) is 0 Å². The van der Waals surface area contributed by atoms with Gasteiger partial charge >= 0.3 is 5.69 Å². The Morgan fingerprint density at radius 3 is 2.79 bits per heavy atom. The monoisotopic (exact) mass is 267 g/mol. The summed E-state index contributed by atoms with van der Waals surface area (Å²) in [6, 6.07) is 1.24. The van der Waals surface area contributed by atoms with Crippen molar-refractivity contribution in [1.82, 2.24) is 4.98 Å². The highest BCUT2D eigenvalue weighted by atomic mass is 16.6. The van der Waals surface area contributed by atoms with Crippen LogP contribution in [0.3, 0.4) is 0 Å². The number of hydrogen-bond donors (Lipinski definition) is 2. The standard InChI is InChI=1S/C11H17N5O3/c1-7(2)6-15(3)11-9(16(18)19)4-8(5-13-11)10(12)14-17/h4-5,7,17H,6H2,1-3H3,(H2,12,14). The summed E-state index contributed by atoms with van der Waals surface area (Å²) in [5, 5.41) is 22.4. The summed E-state index contributed by atoms with van der Waals surface area (Å²) in [5.74, 6) is 0.386. The molecule has 104 valence electrons. The molecule has 8 nitrogen and oxygen atoms in total. The van der Waals surface area contributed by atoms with E-state index in [2.05, 4.69) is 10.1 Å². The molecule has 0 radical (unpaired) electrons. The highest BCUT2D eigenvalue weighted by molar-refractivity contribution is 5.97. The molecule has 0 saturated heterocycles. The molecule has 0 aromatic carbocycles. The zero-order valence-corrected chi connectivity index (χ0v) is 11.1. The lowest BCUT2D eigenvalue weighted by Crippen LogP contribution is -2.25. The molecule has 0 amide bonds. The molecule has 1 aromatic rings. The van der Waals surface area contributed by atoms with Crippen LogP contribution >= 0.6 is 0 Å². The van der Waals surface area contributed by atoms with E-state index < -0.39 is 4.92 Å². The predicted molar refractivity (Wildman–Crippen MR) is 71.5 cm³/mol. The van der Waals surface area contributed by atoms with Gasteiger partial charge in [0.2, 0.25) is 5.82 Å². The van der Waals surface area contributed by atoms with E-state index >= 15 is 0 Å². The number of pyridine rings is 1. The Morgan fingerprint density at radius 2 is 2.32 bits per heavy atom. The van der Waals surface area contributed by atoms with Gasteiger partial charge in [0, 0.05) is 31.4 Å².